The Bertz CT molecular complexity index is 359. The molecular weight excluding hydrogens is 232 g/mol. The van der Waals surface area contributed by atoms with Crippen molar-refractivity contribution >= 4 is 17.2 Å². The zero-order valence-electron chi connectivity index (χ0n) is 10.9. The SMILES string of the molecule is CC(C)N(CCC(N)=S)CCc1ccnn1C. The van der Waals surface area contributed by atoms with Crippen LogP contribution in [0, 0.1) is 0 Å². The van der Waals surface area contributed by atoms with Crippen LogP contribution in [0.25, 0.3) is 0 Å². The molecular formula is C12H22N4S. The van der Waals surface area contributed by atoms with Crippen molar-refractivity contribution in [2.24, 2.45) is 12.8 Å². The predicted molar refractivity (Wildman–Crippen MR) is 75.0 cm³/mol. The number of aromatic nitrogens is 2. The Morgan fingerprint density at radius 3 is 2.71 bits per heavy atom. The monoisotopic (exact) mass is 254 g/mol. The first-order valence-electron chi connectivity index (χ1n) is 6.00. The minimum atomic E-state index is 0.512. The quantitative estimate of drug-likeness (QED) is 0.746. The second-order valence-electron chi connectivity index (χ2n) is 4.54. The molecule has 5 heteroatoms. The van der Waals surface area contributed by atoms with E-state index < -0.39 is 0 Å². The van der Waals surface area contributed by atoms with Gasteiger partial charge in [0.1, 0.15) is 0 Å². The summed E-state index contributed by atoms with van der Waals surface area (Å²) in [5, 5.41) is 4.17. The number of nitrogens with two attached hydrogens (primary N) is 1. The Kier molecular flexibility index (Phi) is 5.58. The standard InChI is InChI=1S/C12H22N4S/c1-10(2)16(9-6-12(13)17)8-5-11-4-7-14-15(11)3/h4,7,10H,5-6,8-9H2,1-3H3,(H2,13,17). The topological polar surface area (TPSA) is 47.1 Å². The largest absolute Gasteiger partial charge is 0.393 e. The molecule has 1 heterocycles. The van der Waals surface area contributed by atoms with E-state index >= 15 is 0 Å². The number of hydrogen-bond acceptors (Lipinski definition) is 3. The lowest BCUT2D eigenvalue weighted by Gasteiger charge is -2.26. The predicted octanol–water partition coefficient (Wildman–Crippen LogP) is 1.35. The summed E-state index contributed by atoms with van der Waals surface area (Å²) < 4.78 is 1.92. The van der Waals surface area contributed by atoms with Gasteiger partial charge in [0.25, 0.3) is 0 Å². The lowest BCUT2D eigenvalue weighted by molar-refractivity contribution is 0.229. The summed E-state index contributed by atoms with van der Waals surface area (Å²) >= 11 is 4.92. The van der Waals surface area contributed by atoms with Gasteiger partial charge in [0.15, 0.2) is 0 Å². The molecule has 17 heavy (non-hydrogen) atoms. The molecule has 1 aromatic rings. The third kappa shape index (κ3) is 4.83. The van der Waals surface area contributed by atoms with E-state index in [0.29, 0.717) is 11.0 Å². The fourth-order valence-corrected chi connectivity index (χ4v) is 1.88. The van der Waals surface area contributed by atoms with Gasteiger partial charge in [-0.2, -0.15) is 5.10 Å². The number of thiocarbonyl (C=S) groups is 1. The Hall–Kier alpha value is -0.940. The molecule has 0 aliphatic rings. The lowest BCUT2D eigenvalue weighted by atomic mass is 10.2. The van der Waals surface area contributed by atoms with Gasteiger partial charge < -0.3 is 10.6 Å². The molecule has 0 aromatic carbocycles. The summed E-state index contributed by atoms with van der Waals surface area (Å²) in [4.78, 5) is 2.99. The van der Waals surface area contributed by atoms with Crippen LogP contribution in [0.2, 0.25) is 0 Å². The number of nitrogens with zero attached hydrogens (tertiary/aromatic N) is 3. The molecule has 0 aliphatic heterocycles. The van der Waals surface area contributed by atoms with Crippen molar-refractivity contribution in [2.45, 2.75) is 32.7 Å². The van der Waals surface area contributed by atoms with Crippen LogP contribution in [0.4, 0.5) is 0 Å². The van der Waals surface area contributed by atoms with Crippen molar-refractivity contribution in [2.75, 3.05) is 13.1 Å². The molecule has 0 saturated carbocycles. The molecule has 0 saturated heterocycles. The first-order valence-corrected chi connectivity index (χ1v) is 6.40. The summed E-state index contributed by atoms with van der Waals surface area (Å²) in [6.07, 6.45) is 3.63. The fraction of sp³-hybridized carbons (Fsp3) is 0.667. The lowest BCUT2D eigenvalue weighted by Crippen LogP contribution is -2.35. The van der Waals surface area contributed by atoms with E-state index in [4.69, 9.17) is 18.0 Å². The van der Waals surface area contributed by atoms with Gasteiger partial charge in [-0.25, -0.2) is 0 Å². The molecule has 0 fully saturated rings. The van der Waals surface area contributed by atoms with Crippen LogP contribution in [0.1, 0.15) is 26.0 Å². The maximum absolute atomic E-state index is 5.55. The van der Waals surface area contributed by atoms with E-state index in [1.54, 1.807) is 0 Å². The van der Waals surface area contributed by atoms with Crippen LogP contribution < -0.4 is 5.73 Å². The number of rotatable bonds is 7. The Morgan fingerprint density at radius 1 is 1.53 bits per heavy atom. The minimum absolute atomic E-state index is 0.512. The highest BCUT2D eigenvalue weighted by Crippen LogP contribution is 2.04. The number of aryl methyl sites for hydroxylation is 1. The molecule has 4 nitrogen and oxygen atoms in total. The van der Waals surface area contributed by atoms with Crippen molar-refractivity contribution in [1.82, 2.24) is 14.7 Å². The van der Waals surface area contributed by atoms with Crippen LogP contribution in [0.5, 0.6) is 0 Å². The van der Waals surface area contributed by atoms with E-state index in [0.717, 1.165) is 25.9 Å². The molecule has 0 bridgehead atoms. The first kappa shape index (κ1) is 14.1. The van der Waals surface area contributed by atoms with Gasteiger partial charge in [-0.3, -0.25) is 4.68 Å². The van der Waals surface area contributed by atoms with Crippen molar-refractivity contribution in [3.05, 3.63) is 18.0 Å². The van der Waals surface area contributed by atoms with Gasteiger partial charge in [0, 0.05) is 50.9 Å². The third-order valence-electron chi connectivity index (χ3n) is 2.95. The highest BCUT2D eigenvalue weighted by atomic mass is 32.1. The maximum Gasteiger partial charge on any atom is 0.0740 e. The summed E-state index contributed by atoms with van der Waals surface area (Å²) in [6.45, 7) is 6.34. The molecule has 1 rings (SSSR count). The highest BCUT2D eigenvalue weighted by Gasteiger charge is 2.10. The van der Waals surface area contributed by atoms with Crippen molar-refractivity contribution in [3.63, 3.8) is 0 Å². The van der Waals surface area contributed by atoms with Crippen LogP contribution in [-0.2, 0) is 13.5 Å². The summed E-state index contributed by atoms with van der Waals surface area (Å²) in [6, 6.07) is 2.57. The highest BCUT2D eigenvalue weighted by molar-refractivity contribution is 7.80. The van der Waals surface area contributed by atoms with Crippen molar-refractivity contribution < 1.29 is 0 Å². The van der Waals surface area contributed by atoms with Crippen LogP contribution in [-0.4, -0.2) is 38.8 Å². The Morgan fingerprint density at radius 2 is 2.24 bits per heavy atom. The molecule has 0 amide bonds. The number of hydrogen-bond donors (Lipinski definition) is 1. The molecule has 0 radical (unpaired) electrons. The van der Waals surface area contributed by atoms with Gasteiger partial charge in [-0.1, -0.05) is 12.2 Å². The zero-order chi connectivity index (χ0) is 12.8. The van der Waals surface area contributed by atoms with Gasteiger partial charge in [0.05, 0.1) is 4.99 Å². The van der Waals surface area contributed by atoms with Gasteiger partial charge in [-0.05, 0) is 19.9 Å². The molecule has 0 unspecified atom stereocenters. The fourth-order valence-electron chi connectivity index (χ4n) is 1.79. The third-order valence-corrected chi connectivity index (χ3v) is 3.16. The van der Waals surface area contributed by atoms with E-state index in [1.165, 1.54) is 5.69 Å². The minimum Gasteiger partial charge on any atom is -0.393 e. The maximum atomic E-state index is 5.55. The first-order chi connectivity index (χ1) is 8.00. The van der Waals surface area contributed by atoms with Crippen molar-refractivity contribution in [3.8, 4) is 0 Å². The van der Waals surface area contributed by atoms with E-state index in [1.807, 2.05) is 17.9 Å². The molecule has 96 valence electrons. The molecule has 0 atom stereocenters. The average molecular weight is 254 g/mol. The summed E-state index contributed by atoms with van der Waals surface area (Å²) in [5.41, 5.74) is 6.80. The van der Waals surface area contributed by atoms with Gasteiger partial charge >= 0.3 is 0 Å². The summed E-state index contributed by atoms with van der Waals surface area (Å²) in [5.74, 6) is 0. The second-order valence-corrected chi connectivity index (χ2v) is 5.07. The van der Waals surface area contributed by atoms with Gasteiger partial charge in [-0.15, -0.1) is 0 Å². The van der Waals surface area contributed by atoms with E-state index in [2.05, 4.69) is 29.9 Å². The smallest absolute Gasteiger partial charge is 0.0740 e. The van der Waals surface area contributed by atoms with Crippen LogP contribution >= 0.6 is 12.2 Å². The normalized spacial score (nSPS) is 11.4. The molecule has 0 spiro atoms. The van der Waals surface area contributed by atoms with Gasteiger partial charge in [0.2, 0.25) is 0 Å². The van der Waals surface area contributed by atoms with Crippen LogP contribution in [0.15, 0.2) is 12.3 Å². The van der Waals surface area contributed by atoms with E-state index in [-0.39, 0.29) is 0 Å². The summed E-state index contributed by atoms with van der Waals surface area (Å²) in [7, 11) is 1.98. The zero-order valence-corrected chi connectivity index (χ0v) is 11.7. The molecule has 1 aromatic heterocycles. The Labute approximate surface area is 109 Å². The van der Waals surface area contributed by atoms with Crippen LogP contribution in [0.3, 0.4) is 0 Å². The van der Waals surface area contributed by atoms with Crippen molar-refractivity contribution in [1.29, 1.82) is 0 Å². The molecule has 2 N–H and O–H groups in total. The Balaban J connectivity index is 2.44. The second kappa shape index (κ2) is 6.71. The molecule has 0 aliphatic carbocycles. The van der Waals surface area contributed by atoms with E-state index in [9.17, 15) is 0 Å². The average Bonchev–Trinajstić information content (AvgIpc) is 2.63.